The van der Waals surface area contributed by atoms with Gasteiger partial charge in [-0.3, -0.25) is 4.79 Å². The van der Waals surface area contributed by atoms with Crippen molar-refractivity contribution in [2.24, 2.45) is 0 Å². The molecule has 0 atom stereocenters. The van der Waals surface area contributed by atoms with Gasteiger partial charge >= 0.3 is 0 Å². The molecule has 0 aliphatic carbocycles. The van der Waals surface area contributed by atoms with Crippen molar-refractivity contribution in [1.82, 2.24) is 4.98 Å². The number of anilines is 1. The molecule has 1 N–H and O–H groups in total. The van der Waals surface area contributed by atoms with Gasteiger partial charge in [0, 0.05) is 15.7 Å². The Morgan fingerprint density at radius 1 is 1.00 bits per heavy atom. The molecule has 4 aromatic rings. The van der Waals surface area contributed by atoms with Gasteiger partial charge in [0.1, 0.15) is 5.01 Å². The Bertz CT molecular complexity index is 1140. The van der Waals surface area contributed by atoms with Crippen LogP contribution in [0.5, 0.6) is 0 Å². The van der Waals surface area contributed by atoms with Gasteiger partial charge in [-0.2, -0.15) is 0 Å². The number of fused-ring (bicyclic) bond motifs is 1. The number of amides is 1. The number of thiazole rings is 1. The molecule has 134 valence electrons. The monoisotopic (exact) mass is 476 g/mol. The van der Waals surface area contributed by atoms with Crippen molar-refractivity contribution in [3.63, 3.8) is 0 Å². The first-order valence-corrected chi connectivity index (χ1v) is 10.3. The van der Waals surface area contributed by atoms with Crippen molar-refractivity contribution < 1.29 is 4.79 Å². The van der Waals surface area contributed by atoms with Crippen LogP contribution in [0, 0.1) is 0 Å². The highest BCUT2D eigenvalue weighted by atomic mass is 79.9. The summed E-state index contributed by atoms with van der Waals surface area (Å²) in [6, 6.07) is 18.4. The number of halogens is 3. The van der Waals surface area contributed by atoms with Crippen LogP contribution in [0.3, 0.4) is 0 Å². The van der Waals surface area contributed by atoms with Crippen LogP contribution in [-0.2, 0) is 0 Å². The molecule has 0 saturated carbocycles. The molecule has 0 bridgehead atoms. The van der Waals surface area contributed by atoms with E-state index in [0.717, 1.165) is 25.3 Å². The van der Waals surface area contributed by atoms with Crippen molar-refractivity contribution in [2.45, 2.75) is 0 Å². The number of carbonyl (C=O) groups is 1. The molecular formula is C20H11BrCl2N2OS. The van der Waals surface area contributed by atoms with E-state index in [0.29, 0.717) is 21.3 Å². The molecule has 1 aromatic heterocycles. The largest absolute Gasteiger partial charge is 0.322 e. The van der Waals surface area contributed by atoms with Crippen LogP contribution < -0.4 is 5.32 Å². The summed E-state index contributed by atoms with van der Waals surface area (Å²) in [4.78, 5) is 17.2. The topological polar surface area (TPSA) is 42.0 Å². The summed E-state index contributed by atoms with van der Waals surface area (Å²) >= 11 is 17.4. The van der Waals surface area contributed by atoms with Crippen LogP contribution >= 0.6 is 50.5 Å². The molecule has 0 aliphatic rings. The number of para-hydroxylation sites is 1. The van der Waals surface area contributed by atoms with E-state index in [1.54, 1.807) is 41.7 Å². The summed E-state index contributed by atoms with van der Waals surface area (Å²) in [5, 5.41) is 4.64. The van der Waals surface area contributed by atoms with E-state index >= 15 is 0 Å². The first-order valence-electron chi connectivity index (χ1n) is 7.93. The number of benzene rings is 3. The van der Waals surface area contributed by atoms with Gasteiger partial charge in [0.05, 0.1) is 25.8 Å². The van der Waals surface area contributed by atoms with Crippen LogP contribution in [0.25, 0.3) is 20.8 Å². The number of nitrogens with one attached hydrogen (secondary N) is 1. The first-order chi connectivity index (χ1) is 13.0. The van der Waals surface area contributed by atoms with E-state index in [-0.39, 0.29) is 5.91 Å². The molecule has 1 amide bonds. The number of hydrogen-bond acceptors (Lipinski definition) is 3. The summed E-state index contributed by atoms with van der Waals surface area (Å²) in [6.45, 7) is 0. The minimum Gasteiger partial charge on any atom is -0.322 e. The van der Waals surface area contributed by atoms with Crippen LogP contribution in [0.15, 0.2) is 65.1 Å². The predicted molar refractivity (Wildman–Crippen MR) is 117 cm³/mol. The van der Waals surface area contributed by atoms with Gasteiger partial charge in [-0.1, -0.05) is 51.3 Å². The molecular weight excluding hydrogens is 467 g/mol. The minimum atomic E-state index is -0.293. The van der Waals surface area contributed by atoms with Gasteiger partial charge in [-0.05, 0) is 48.5 Å². The number of aromatic nitrogens is 1. The van der Waals surface area contributed by atoms with E-state index in [4.69, 9.17) is 23.2 Å². The fourth-order valence-corrected chi connectivity index (χ4v) is 4.45. The number of rotatable bonds is 3. The molecule has 3 aromatic carbocycles. The fraction of sp³-hybridized carbons (Fsp3) is 0. The van der Waals surface area contributed by atoms with E-state index in [2.05, 4.69) is 26.2 Å². The molecule has 7 heteroatoms. The van der Waals surface area contributed by atoms with Crippen molar-refractivity contribution >= 4 is 72.3 Å². The Morgan fingerprint density at radius 2 is 1.78 bits per heavy atom. The lowest BCUT2D eigenvalue weighted by atomic mass is 10.1. The Kier molecular flexibility index (Phi) is 5.19. The summed E-state index contributed by atoms with van der Waals surface area (Å²) in [7, 11) is 0. The third-order valence-corrected chi connectivity index (χ3v) is 6.14. The maximum absolute atomic E-state index is 12.6. The third-order valence-electron chi connectivity index (χ3n) is 3.92. The van der Waals surface area contributed by atoms with Gasteiger partial charge in [0.2, 0.25) is 0 Å². The molecule has 27 heavy (non-hydrogen) atoms. The zero-order valence-electron chi connectivity index (χ0n) is 13.7. The highest BCUT2D eigenvalue weighted by molar-refractivity contribution is 9.10. The lowest BCUT2D eigenvalue weighted by Gasteiger charge is -2.09. The predicted octanol–water partition coefficient (Wildman–Crippen LogP) is 7.28. The van der Waals surface area contributed by atoms with E-state index in [1.807, 2.05) is 30.3 Å². The molecule has 3 nitrogen and oxygen atoms in total. The Balaban J connectivity index is 1.68. The minimum absolute atomic E-state index is 0.293. The Morgan fingerprint density at radius 3 is 2.59 bits per heavy atom. The van der Waals surface area contributed by atoms with E-state index in [9.17, 15) is 4.79 Å². The van der Waals surface area contributed by atoms with Crippen LogP contribution in [-0.4, -0.2) is 10.9 Å². The number of nitrogens with zero attached hydrogens (tertiary/aromatic N) is 1. The highest BCUT2D eigenvalue weighted by Crippen LogP contribution is 2.36. The van der Waals surface area contributed by atoms with E-state index in [1.165, 1.54) is 0 Å². The van der Waals surface area contributed by atoms with Gasteiger partial charge in [0.25, 0.3) is 5.91 Å². The second kappa shape index (κ2) is 7.60. The maximum Gasteiger partial charge on any atom is 0.257 e. The summed E-state index contributed by atoms with van der Waals surface area (Å²) in [5.74, 6) is -0.293. The van der Waals surface area contributed by atoms with Gasteiger partial charge in [-0.25, -0.2) is 4.98 Å². The zero-order chi connectivity index (χ0) is 19.0. The van der Waals surface area contributed by atoms with Crippen molar-refractivity contribution in [2.75, 3.05) is 5.32 Å². The fourth-order valence-electron chi connectivity index (χ4n) is 2.62. The second-order valence-electron chi connectivity index (χ2n) is 5.76. The van der Waals surface area contributed by atoms with Gasteiger partial charge in [0.15, 0.2) is 0 Å². The van der Waals surface area contributed by atoms with Crippen molar-refractivity contribution in [3.05, 3.63) is 80.7 Å². The second-order valence-corrected chi connectivity index (χ2v) is 8.52. The number of carbonyl (C=O) groups excluding carboxylic acids is 1. The number of hydrogen-bond donors (Lipinski definition) is 1. The van der Waals surface area contributed by atoms with Crippen LogP contribution in [0.2, 0.25) is 10.0 Å². The smallest absolute Gasteiger partial charge is 0.257 e. The summed E-state index contributed by atoms with van der Waals surface area (Å²) < 4.78 is 1.86. The normalized spacial score (nSPS) is 10.9. The quantitative estimate of drug-likeness (QED) is 0.336. The van der Waals surface area contributed by atoms with Crippen LogP contribution in [0.1, 0.15) is 10.4 Å². The zero-order valence-corrected chi connectivity index (χ0v) is 17.6. The molecule has 0 aliphatic heterocycles. The summed E-state index contributed by atoms with van der Waals surface area (Å²) in [6.07, 6.45) is 0. The molecule has 0 radical (unpaired) electrons. The Labute approximate surface area is 178 Å². The molecule has 1 heterocycles. The van der Waals surface area contributed by atoms with E-state index < -0.39 is 0 Å². The average Bonchev–Trinajstić information content (AvgIpc) is 3.09. The van der Waals surface area contributed by atoms with Gasteiger partial charge < -0.3 is 5.32 Å². The lowest BCUT2D eigenvalue weighted by Crippen LogP contribution is -2.12. The average molecular weight is 478 g/mol. The lowest BCUT2D eigenvalue weighted by molar-refractivity contribution is 0.102. The van der Waals surface area contributed by atoms with Crippen molar-refractivity contribution in [3.8, 4) is 10.6 Å². The van der Waals surface area contributed by atoms with Crippen molar-refractivity contribution in [1.29, 1.82) is 0 Å². The molecule has 0 saturated heterocycles. The van der Waals surface area contributed by atoms with Crippen LogP contribution in [0.4, 0.5) is 5.69 Å². The molecule has 0 unspecified atom stereocenters. The highest BCUT2D eigenvalue weighted by Gasteiger charge is 2.14. The third kappa shape index (κ3) is 3.87. The summed E-state index contributed by atoms with van der Waals surface area (Å²) in [5.41, 5.74) is 2.71. The standard InChI is InChI=1S/C20H11BrCl2N2OS/c21-11-5-7-15(22)13(9-11)19(26)24-12-6-8-16(23)14(10-12)20-25-17-3-1-2-4-18(17)27-20/h1-10H,(H,24,26). The maximum atomic E-state index is 12.6. The molecule has 0 fully saturated rings. The molecule has 4 rings (SSSR count). The first kappa shape index (κ1) is 18.4. The van der Waals surface area contributed by atoms with Gasteiger partial charge in [-0.15, -0.1) is 11.3 Å². The molecule has 0 spiro atoms. The Hall–Kier alpha value is -1.92. The SMILES string of the molecule is O=C(Nc1ccc(Cl)c(-c2nc3ccccc3s2)c1)c1cc(Br)ccc1Cl.